The van der Waals surface area contributed by atoms with E-state index in [1.54, 1.807) is 18.4 Å². The molecule has 1 aliphatic carbocycles. The summed E-state index contributed by atoms with van der Waals surface area (Å²) in [6.45, 7) is 11.4. The Morgan fingerprint density at radius 1 is 1.31 bits per heavy atom. The topological polar surface area (TPSA) is 50.1 Å². The van der Waals surface area contributed by atoms with Gasteiger partial charge in [0.25, 0.3) is 0 Å². The zero-order valence-corrected chi connectivity index (χ0v) is 11.2. The number of rotatable bonds is 3. The summed E-state index contributed by atoms with van der Waals surface area (Å²) < 4.78 is 0. The lowest BCUT2D eigenvalue weighted by atomic mass is 10.2. The lowest BCUT2D eigenvalue weighted by Gasteiger charge is -2.02. The predicted molar refractivity (Wildman–Crippen MR) is 77.8 cm³/mol. The highest BCUT2D eigenvalue weighted by atomic mass is 15.2. The molecular weight excluding hydrogens is 198 g/mol. The van der Waals surface area contributed by atoms with E-state index >= 15 is 0 Å². The number of nitrogens with one attached hydrogen (secondary N) is 2. The average molecular weight is 227 g/mol. The van der Waals surface area contributed by atoms with Gasteiger partial charge in [-0.25, -0.2) is 0 Å². The molecule has 96 valence electrons. The molecule has 0 aliphatic heterocycles. The first-order valence-electron chi connectivity index (χ1n) is 5.65. The van der Waals surface area contributed by atoms with Gasteiger partial charge in [0.15, 0.2) is 0 Å². The van der Waals surface area contributed by atoms with Crippen molar-refractivity contribution in [2.45, 2.75) is 27.7 Å². The zero-order chi connectivity index (χ0) is 13.2. The van der Waals surface area contributed by atoms with E-state index in [4.69, 9.17) is 5.84 Å². The maximum atomic E-state index is 4.83. The summed E-state index contributed by atoms with van der Waals surface area (Å²) in [5.74, 6) is 4.83. The molecule has 0 aromatic carbocycles. The molecule has 4 N–H and O–H groups in total. The Morgan fingerprint density at radius 3 is 1.88 bits per heavy atom. The Morgan fingerprint density at radius 2 is 1.81 bits per heavy atom. The summed E-state index contributed by atoms with van der Waals surface area (Å²) in [7, 11) is 1.91. The molecule has 1 aliphatic rings. The Kier molecular flexibility index (Phi) is 29.2. The van der Waals surface area contributed by atoms with Gasteiger partial charge in [0, 0.05) is 20.4 Å². The third-order valence-electron chi connectivity index (χ3n) is 1.17. The normalized spacial score (nSPS) is 10.0. The fourth-order valence-electron chi connectivity index (χ4n) is 0.483. The number of hydrogen-bond donors (Lipinski definition) is 3. The Balaban J connectivity index is -0.0000000737. The van der Waals surface area contributed by atoms with Crippen LogP contribution in [0.1, 0.15) is 29.1 Å². The first-order chi connectivity index (χ1) is 7.85. The van der Waals surface area contributed by atoms with Crippen LogP contribution in [0.4, 0.5) is 0 Å². The third-order valence-corrected chi connectivity index (χ3v) is 1.17. The van der Waals surface area contributed by atoms with Crippen LogP contribution < -0.4 is 16.6 Å². The molecule has 0 heterocycles. The van der Waals surface area contributed by atoms with E-state index < -0.39 is 0 Å². The van der Waals surface area contributed by atoms with E-state index in [9.17, 15) is 0 Å². The molecule has 16 heavy (non-hydrogen) atoms. The first-order valence-corrected chi connectivity index (χ1v) is 5.65. The minimum absolute atomic E-state index is 0. The molecule has 0 saturated heterocycles. The lowest BCUT2D eigenvalue weighted by molar-refractivity contribution is 0.968. The predicted octanol–water partition coefficient (Wildman–Crippen LogP) is 3.11. The van der Waals surface area contributed by atoms with Crippen LogP contribution in [0.5, 0.6) is 0 Å². The summed E-state index contributed by atoms with van der Waals surface area (Å²) in [6.07, 6.45) is 11.0. The van der Waals surface area contributed by atoms with Crippen LogP contribution in [0.25, 0.3) is 0 Å². The summed E-state index contributed by atoms with van der Waals surface area (Å²) in [5, 5.41) is 2.98. The molecule has 0 radical (unpaired) electrons. The molecule has 0 aromatic rings. The van der Waals surface area contributed by atoms with E-state index in [1.807, 2.05) is 53.0 Å². The molecule has 0 fully saturated rings. The smallest absolute Gasteiger partial charge is 0.0337 e. The van der Waals surface area contributed by atoms with Gasteiger partial charge < -0.3 is 10.7 Å². The molecule has 0 atom stereocenters. The molecule has 0 aromatic heterocycles. The van der Waals surface area contributed by atoms with Gasteiger partial charge in [-0.15, -0.1) is 0 Å². The second kappa shape index (κ2) is 23.4. The standard InChI is InChI=1S/C5H7N.C4H8N2.2C2H6.H2/c1-6-5-3-2-4-5;1-2-3-4-6-5;2*1-2;/h2-4,6H,1H3;2-4,6H,1,5H2;2*1-2H3;1H/b;4-3+;;;. The largest absolute Gasteiger partial charge is 0.388 e. The van der Waals surface area contributed by atoms with Crippen molar-refractivity contribution < 1.29 is 1.43 Å². The molecule has 0 unspecified atom stereocenters. The molecule has 3 nitrogen and oxygen atoms in total. The van der Waals surface area contributed by atoms with E-state index in [2.05, 4.69) is 17.3 Å². The van der Waals surface area contributed by atoms with E-state index in [0.29, 0.717) is 0 Å². The van der Waals surface area contributed by atoms with Crippen molar-refractivity contribution >= 4 is 0 Å². The van der Waals surface area contributed by atoms with Gasteiger partial charge in [-0.05, 0) is 18.2 Å². The summed E-state index contributed by atoms with van der Waals surface area (Å²) in [6, 6.07) is 0. The van der Waals surface area contributed by atoms with Gasteiger partial charge in [-0.1, -0.05) is 46.4 Å². The molecule has 0 bridgehead atoms. The fraction of sp³-hybridized carbons (Fsp3) is 0.385. The van der Waals surface area contributed by atoms with Crippen molar-refractivity contribution in [3.05, 3.63) is 48.9 Å². The van der Waals surface area contributed by atoms with Crippen LogP contribution in [-0.2, 0) is 0 Å². The monoisotopic (exact) mass is 227 g/mol. The van der Waals surface area contributed by atoms with Crippen LogP contribution in [0, 0.1) is 0 Å². The van der Waals surface area contributed by atoms with Crippen molar-refractivity contribution in [2.24, 2.45) is 5.84 Å². The quantitative estimate of drug-likeness (QED) is 0.394. The molecule has 1 rings (SSSR count). The lowest BCUT2D eigenvalue weighted by Crippen LogP contribution is -2.12. The van der Waals surface area contributed by atoms with E-state index in [0.717, 1.165) is 0 Å². The fourth-order valence-corrected chi connectivity index (χ4v) is 0.483. The van der Waals surface area contributed by atoms with Crippen molar-refractivity contribution in [3.8, 4) is 0 Å². The average Bonchev–Trinajstić information content (AvgIpc) is 2.31. The van der Waals surface area contributed by atoms with Crippen molar-refractivity contribution in [3.63, 3.8) is 0 Å². The number of allylic oxidation sites excluding steroid dienone is 5. The SMILES string of the molecule is C=C/C=C/NN.CC.CC.CNC1=CC=C1.[HH]. The first kappa shape index (κ1) is 20.0. The minimum atomic E-state index is 0. The second-order valence-electron chi connectivity index (χ2n) is 1.99. The molecule has 3 heteroatoms. The molecular formula is C13H29N3. The minimum Gasteiger partial charge on any atom is -0.388 e. The van der Waals surface area contributed by atoms with Gasteiger partial charge in [0.1, 0.15) is 0 Å². The van der Waals surface area contributed by atoms with Gasteiger partial charge in [-0.3, -0.25) is 5.84 Å². The number of hydrogen-bond acceptors (Lipinski definition) is 3. The summed E-state index contributed by atoms with van der Waals surface area (Å²) >= 11 is 0. The van der Waals surface area contributed by atoms with Crippen molar-refractivity contribution in [1.82, 2.24) is 10.7 Å². The summed E-state index contributed by atoms with van der Waals surface area (Å²) in [5.41, 5.74) is 3.53. The van der Waals surface area contributed by atoms with Crippen LogP contribution in [0.15, 0.2) is 48.9 Å². The van der Waals surface area contributed by atoms with Crippen LogP contribution in [0.2, 0.25) is 0 Å². The van der Waals surface area contributed by atoms with Gasteiger partial charge in [0.05, 0.1) is 0 Å². The highest BCUT2D eigenvalue weighted by Crippen LogP contribution is 2.00. The Labute approximate surface area is 102 Å². The molecule has 0 spiro atoms. The van der Waals surface area contributed by atoms with E-state index in [-0.39, 0.29) is 1.43 Å². The Hall–Kier alpha value is -1.48. The molecule has 0 saturated carbocycles. The maximum absolute atomic E-state index is 4.83. The van der Waals surface area contributed by atoms with Crippen LogP contribution in [-0.4, -0.2) is 7.05 Å². The second-order valence-corrected chi connectivity index (χ2v) is 1.99. The number of hydrazine groups is 1. The number of nitrogens with two attached hydrogens (primary N) is 1. The highest BCUT2D eigenvalue weighted by Gasteiger charge is 1.88. The summed E-state index contributed by atoms with van der Waals surface area (Å²) in [4.78, 5) is 0. The van der Waals surface area contributed by atoms with Gasteiger partial charge >= 0.3 is 0 Å². The zero-order valence-electron chi connectivity index (χ0n) is 11.2. The van der Waals surface area contributed by atoms with Crippen molar-refractivity contribution in [1.29, 1.82) is 0 Å². The Bertz CT molecular complexity index is 209. The van der Waals surface area contributed by atoms with Crippen LogP contribution in [0.3, 0.4) is 0 Å². The van der Waals surface area contributed by atoms with Gasteiger partial charge in [0.2, 0.25) is 0 Å². The van der Waals surface area contributed by atoms with E-state index in [1.165, 1.54) is 5.70 Å². The number of likely N-dealkylation sites (N-methyl/N-ethyl adjacent to an activating group) is 1. The highest BCUT2D eigenvalue weighted by molar-refractivity contribution is 5.33. The van der Waals surface area contributed by atoms with Gasteiger partial charge in [-0.2, -0.15) is 0 Å². The van der Waals surface area contributed by atoms with Crippen LogP contribution >= 0.6 is 0 Å². The third kappa shape index (κ3) is 18.3. The van der Waals surface area contributed by atoms with Crippen molar-refractivity contribution in [2.75, 3.05) is 7.05 Å². The molecule has 0 amide bonds. The maximum Gasteiger partial charge on any atom is 0.0337 e.